The number of unbranched alkanes of at least 4 members (excludes halogenated alkanes) is 1. The number of hydrogen-bond acceptors (Lipinski definition) is 8. The average molecular weight is 517 g/mol. The number of guanidine groups is 1. The molecule has 4 atom stereocenters. The van der Waals surface area contributed by atoms with Crippen molar-refractivity contribution >= 4 is 35.6 Å². The Morgan fingerprint density at radius 3 is 1.92 bits per heavy atom. The molecule has 0 aromatic heterocycles. The van der Waals surface area contributed by atoms with E-state index >= 15 is 0 Å². The first-order chi connectivity index (χ1) is 16.8. The van der Waals surface area contributed by atoms with Crippen LogP contribution in [0, 0.1) is 5.92 Å². The predicted octanol–water partition coefficient (Wildman–Crippen LogP) is -2.83. The van der Waals surface area contributed by atoms with Gasteiger partial charge in [0.25, 0.3) is 0 Å². The molecule has 206 valence electrons. The molecule has 15 heteroatoms. The van der Waals surface area contributed by atoms with Gasteiger partial charge in [0.15, 0.2) is 5.96 Å². The van der Waals surface area contributed by atoms with Crippen LogP contribution in [0.3, 0.4) is 0 Å². The van der Waals surface area contributed by atoms with Crippen LogP contribution in [0.15, 0.2) is 4.99 Å². The van der Waals surface area contributed by atoms with Crippen LogP contribution >= 0.6 is 0 Å². The number of nitrogens with zero attached hydrogens (tertiary/aromatic N) is 1. The summed E-state index contributed by atoms with van der Waals surface area (Å²) in [6.45, 7) is 3.74. The molecule has 0 aliphatic carbocycles. The zero-order chi connectivity index (χ0) is 27.8. The van der Waals surface area contributed by atoms with Crippen LogP contribution < -0.4 is 38.9 Å². The zero-order valence-electron chi connectivity index (χ0n) is 20.7. The van der Waals surface area contributed by atoms with E-state index in [1.54, 1.807) is 13.8 Å². The van der Waals surface area contributed by atoms with Gasteiger partial charge in [0.1, 0.15) is 18.1 Å². The minimum Gasteiger partial charge on any atom is -0.481 e. The smallest absolute Gasteiger partial charge is 0.326 e. The lowest BCUT2D eigenvalue weighted by molar-refractivity contribution is -0.144. The van der Waals surface area contributed by atoms with Crippen LogP contribution in [0.25, 0.3) is 0 Å². The second-order valence-corrected chi connectivity index (χ2v) is 8.63. The lowest BCUT2D eigenvalue weighted by Crippen LogP contribution is -2.58. The molecule has 0 aliphatic rings. The van der Waals surface area contributed by atoms with Crippen LogP contribution in [-0.4, -0.2) is 83.1 Å². The first kappa shape index (κ1) is 32.5. The molecule has 3 amide bonds. The molecule has 0 saturated carbocycles. The Morgan fingerprint density at radius 1 is 0.833 bits per heavy atom. The zero-order valence-corrected chi connectivity index (χ0v) is 20.7. The lowest BCUT2D eigenvalue weighted by atomic mass is 10.0. The second kappa shape index (κ2) is 17.0. The highest BCUT2D eigenvalue weighted by Gasteiger charge is 2.32. The standard InChI is InChI=1S/C21H40N8O7/c1-11(2)16(20(35)36)29-18(33)13(7-5-9-26-21(24)25)27-19(34)14(10-15(30)31)28-17(32)12(23)6-3-4-8-22/h11-14,16H,3-10,22-23H2,1-2H3,(H,27,34)(H,28,32)(H,29,33)(H,30,31)(H,35,36)(H4,24,25,26). The fourth-order valence-electron chi connectivity index (χ4n) is 3.11. The van der Waals surface area contributed by atoms with Gasteiger partial charge in [-0.15, -0.1) is 0 Å². The molecule has 15 nitrogen and oxygen atoms in total. The van der Waals surface area contributed by atoms with E-state index in [1.165, 1.54) is 0 Å². The van der Waals surface area contributed by atoms with Crippen molar-refractivity contribution < 1.29 is 34.2 Å². The summed E-state index contributed by atoms with van der Waals surface area (Å²) in [7, 11) is 0. The third-order valence-electron chi connectivity index (χ3n) is 5.13. The summed E-state index contributed by atoms with van der Waals surface area (Å²) in [5, 5.41) is 25.7. The van der Waals surface area contributed by atoms with E-state index in [0.29, 0.717) is 19.4 Å². The molecule has 13 N–H and O–H groups in total. The maximum Gasteiger partial charge on any atom is 0.326 e. The third-order valence-corrected chi connectivity index (χ3v) is 5.13. The van der Waals surface area contributed by atoms with Gasteiger partial charge in [-0.2, -0.15) is 0 Å². The van der Waals surface area contributed by atoms with E-state index in [9.17, 15) is 34.2 Å². The van der Waals surface area contributed by atoms with Gasteiger partial charge in [0.2, 0.25) is 17.7 Å². The molecular weight excluding hydrogens is 476 g/mol. The molecule has 0 aromatic carbocycles. The first-order valence-corrected chi connectivity index (χ1v) is 11.7. The predicted molar refractivity (Wildman–Crippen MR) is 131 cm³/mol. The van der Waals surface area contributed by atoms with E-state index in [-0.39, 0.29) is 31.8 Å². The van der Waals surface area contributed by atoms with Gasteiger partial charge in [0, 0.05) is 6.54 Å². The van der Waals surface area contributed by atoms with Gasteiger partial charge in [-0.1, -0.05) is 20.3 Å². The van der Waals surface area contributed by atoms with E-state index in [0.717, 1.165) is 0 Å². The number of aliphatic imine (C=N–C) groups is 1. The van der Waals surface area contributed by atoms with E-state index in [4.69, 9.17) is 22.9 Å². The molecule has 4 unspecified atom stereocenters. The summed E-state index contributed by atoms with van der Waals surface area (Å²) in [6, 6.07) is -4.99. The van der Waals surface area contributed by atoms with Crippen molar-refractivity contribution in [3.05, 3.63) is 0 Å². The van der Waals surface area contributed by atoms with Crippen LogP contribution in [-0.2, 0) is 24.0 Å². The van der Waals surface area contributed by atoms with Crippen LogP contribution in [0.1, 0.15) is 52.4 Å². The lowest BCUT2D eigenvalue weighted by Gasteiger charge is -2.25. The number of carbonyl (C=O) groups is 5. The Kier molecular flexibility index (Phi) is 15.4. The van der Waals surface area contributed by atoms with E-state index in [2.05, 4.69) is 20.9 Å². The SMILES string of the molecule is CC(C)C(NC(=O)C(CCCN=C(N)N)NC(=O)C(CC(=O)O)NC(=O)C(N)CCCCN)C(=O)O. The van der Waals surface area contributed by atoms with E-state index in [1.807, 2.05) is 0 Å². The van der Waals surface area contributed by atoms with Crippen molar-refractivity contribution in [2.45, 2.75) is 76.5 Å². The molecule has 0 bridgehead atoms. The largest absolute Gasteiger partial charge is 0.481 e. The minimum atomic E-state index is -1.52. The summed E-state index contributed by atoms with van der Waals surface area (Å²) in [6.07, 6.45) is 0.970. The average Bonchev–Trinajstić information content (AvgIpc) is 2.77. The van der Waals surface area contributed by atoms with Gasteiger partial charge in [0.05, 0.1) is 12.5 Å². The number of aliphatic carboxylic acids is 2. The van der Waals surface area contributed by atoms with Crippen LogP contribution in [0.4, 0.5) is 0 Å². The Balaban J connectivity index is 5.57. The number of rotatable bonds is 18. The summed E-state index contributed by atoms with van der Waals surface area (Å²) >= 11 is 0. The number of carbonyl (C=O) groups excluding carboxylic acids is 3. The summed E-state index contributed by atoms with van der Waals surface area (Å²) < 4.78 is 0. The topological polar surface area (TPSA) is 278 Å². The van der Waals surface area contributed by atoms with Gasteiger partial charge in [-0.3, -0.25) is 24.2 Å². The number of carboxylic acid groups (broad SMARTS) is 2. The summed E-state index contributed by atoms with van der Waals surface area (Å²) in [4.78, 5) is 64.7. The fourth-order valence-corrected chi connectivity index (χ4v) is 3.11. The van der Waals surface area contributed by atoms with Crippen molar-refractivity contribution in [2.75, 3.05) is 13.1 Å². The molecule has 0 aliphatic heterocycles. The highest BCUT2D eigenvalue weighted by molar-refractivity contribution is 5.95. The third kappa shape index (κ3) is 13.4. The molecule has 0 heterocycles. The summed E-state index contributed by atoms with van der Waals surface area (Å²) in [5.74, 6) is -5.73. The number of amides is 3. The quantitative estimate of drug-likeness (QED) is 0.0508. The van der Waals surface area contributed by atoms with E-state index < -0.39 is 66.2 Å². The Labute approximate surface area is 209 Å². The van der Waals surface area contributed by atoms with Crippen molar-refractivity contribution in [1.82, 2.24) is 16.0 Å². The Hall–Kier alpha value is -3.46. The second-order valence-electron chi connectivity index (χ2n) is 8.63. The monoisotopic (exact) mass is 516 g/mol. The van der Waals surface area contributed by atoms with Crippen molar-refractivity contribution in [3.63, 3.8) is 0 Å². The van der Waals surface area contributed by atoms with Gasteiger partial charge >= 0.3 is 11.9 Å². The van der Waals surface area contributed by atoms with Crippen LogP contribution in [0.5, 0.6) is 0 Å². The Morgan fingerprint density at radius 2 is 1.42 bits per heavy atom. The van der Waals surface area contributed by atoms with Crippen molar-refractivity contribution in [3.8, 4) is 0 Å². The number of carboxylic acids is 2. The number of nitrogens with one attached hydrogen (secondary N) is 3. The molecule has 36 heavy (non-hydrogen) atoms. The maximum atomic E-state index is 12.9. The van der Waals surface area contributed by atoms with Crippen molar-refractivity contribution in [1.29, 1.82) is 0 Å². The maximum absolute atomic E-state index is 12.9. The first-order valence-electron chi connectivity index (χ1n) is 11.7. The number of hydrogen-bond donors (Lipinski definition) is 9. The minimum absolute atomic E-state index is 0.00509. The van der Waals surface area contributed by atoms with Gasteiger partial charge < -0.3 is 49.1 Å². The van der Waals surface area contributed by atoms with Crippen LogP contribution in [0.2, 0.25) is 0 Å². The molecule has 0 saturated heterocycles. The summed E-state index contributed by atoms with van der Waals surface area (Å²) in [5.41, 5.74) is 21.8. The van der Waals surface area contributed by atoms with Crippen molar-refractivity contribution in [2.24, 2.45) is 33.8 Å². The highest BCUT2D eigenvalue weighted by atomic mass is 16.4. The van der Waals surface area contributed by atoms with Gasteiger partial charge in [-0.05, 0) is 38.1 Å². The van der Waals surface area contributed by atoms with Gasteiger partial charge in [-0.25, -0.2) is 4.79 Å². The Bertz CT molecular complexity index is 786. The molecule has 0 rings (SSSR count). The number of nitrogens with two attached hydrogens (primary N) is 4. The molecule has 0 spiro atoms. The molecular formula is C21H40N8O7. The normalized spacial score (nSPS) is 14.1. The molecule has 0 aromatic rings. The highest BCUT2D eigenvalue weighted by Crippen LogP contribution is 2.07. The molecule has 0 fully saturated rings. The molecule has 0 radical (unpaired) electrons. The fraction of sp³-hybridized carbons (Fsp3) is 0.714.